The van der Waals surface area contributed by atoms with E-state index >= 15 is 0 Å². The van der Waals surface area contributed by atoms with E-state index < -0.39 is 5.97 Å². The molecule has 0 saturated carbocycles. The highest BCUT2D eigenvalue weighted by atomic mass is 79.9. The van der Waals surface area contributed by atoms with Gasteiger partial charge in [-0.2, -0.15) is 0 Å². The molecule has 3 nitrogen and oxygen atoms in total. The highest BCUT2D eigenvalue weighted by Gasteiger charge is 2.33. The normalized spacial score (nSPS) is 22.0. The molecule has 1 aromatic rings. The Bertz CT molecular complexity index is 418. The van der Waals surface area contributed by atoms with E-state index in [9.17, 15) is 9.90 Å². The minimum Gasteiger partial charge on any atom is -0.480 e. The third-order valence-electron chi connectivity index (χ3n) is 3.59. The maximum Gasteiger partial charge on any atom is 0.320 e. The van der Waals surface area contributed by atoms with E-state index in [1.165, 1.54) is 5.56 Å². The fraction of sp³-hybridized carbons (Fsp3) is 0.500. The number of hydrogen-bond donors (Lipinski definition) is 1. The first-order valence-corrected chi connectivity index (χ1v) is 7.10. The zero-order valence-corrected chi connectivity index (χ0v) is 12.1. The predicted molar refractivity (Wildman–Crippen MR) is 74.7 cm³/mol. The van der Waals surface area contributed by atoms with Crippen LogP contribution in [0.15, 0.2) is 28.7 Å². The average Bonchev–Trinajstić information content (AvgIpc) is 2.81. The highest BCUT2D eigenvalue weighted by Crippen LogP contribution is 2.22. The van der Waals surface area contributed by atoms with Crippen molar-refractivity contribution >= 4 is 21.9 Å². The van der Waals surface area contributed by atoms with E-state index in [0.717, 1.165) is 30.3 Å². The van der Waals surface area contributed by atoms with E-state index in [1.807, 2.05) is 12.1 Å². The van der Waals surface area contributed by atoms with Gasteiger partial charge in [0.25, 0.3) is 0 Å². The lowest BCUT2D eigenvalue weighted by Gasteiger charge is -2.28. The van der Waals surface area contributed by atoms with E-state index in [2.05, 4.69) is 39.9 Å². The zero-order valence-electron chi connectivity index (χ0n) is 10.5. The molecule has 0 aliphatic carbocycles. The minimum atomic E-state index is -0.685. The molecule has 0 amide bonds. The summed E-state index contributed by atoms with van der Waals surface area (Å²) in [6.07, 6.45) is 2.67. The van der Waals surface area contributed by atoms with Crippen molar-refractivity contribution in [3.63, 3.8) is 0 Å². The van der Waals surface area contributed by atoms with Crippen molar-refractivity contribution in [2.24, 2.45) is 0 Å². The van der Waals surface area contributed by atoms with E-state index in [-0.39, 0.29) is 12.1 Å². The smallest absolute Gasteiger partial charge is 0.320 e. The zero-order chi connectivity index (χ0) is 13.1. The van der Waals surface area contributed by atoms with Crippen molar-refractivity contribution < 1.29 is 9.90 Å². The van der Waals surface area contributed by atoms with Gasteiger partial charge in [0.1, 0.15) is 6.04 Å². The van der Waals surface area contributed by atoms with Gasteiger partial charge in [-0.1, -0.05) is 28.1 Å². The summed E-state index contributed by atoms with van der Waals surface area (Å²) in [6, 6.07) is 8.21. The third kappa shape index (κ3) is 3.12. The first kappa shape index (κ1) is 13.6. The second kappa shape index (κ2) is 5.85. The van der Waals surface area contributed by atoms with Crippen LogP contribution in [0.25, 0.3) is 0 Å². The van der Waals surface area contributed by atoms with Crippen LogP contribution < -0.4 is 0 Å². The number of halogens is 1. The quantitative estimate of drug-likeness (QED) is 0.929. The molecule has 2 rings (SSSR count). The Morgan fingerprint density at radius 3 is 2.78 bits per heavy atom. The lowest BCUT2D eigenvalue weighted by atomic mass is 10.1. The Morgan fingerprint density at radius 2 is 2.17 bits per heavy atom. The van der Waals surface area contributed by atoms with Gasteiger partial charge in [0.05, 0.1) is 0 Å². The van der Waals surface area contributed by atoms with Crippen LogP contribution in [0.5, 0.6) is 0 Å². The third-order valence-corrected chi connectivity index (χ3v) is 4.12. The Labute approximate surface area is 116 Å². The van der Waals surface area contributed by atoms with Crippen LogP contribution >= 0.6 is 15.9 Å². The first-order valence-electron chi connectivity index (χ1n) is 6.31. The van der Waals surface area contributed by atoms with Crippen molar-refractivity contribution in [2.45, 2.75) is 38.3 Å². The number of nitrogens with zero attached hydrogens (tertiary/aromatic N) is 1. The van der Waals surface area contributed by atoms with Crippen LogP contribution in [-0.2, 0) is 11.2 Å². The minimum absolute atomic E-state index is 0.273. The summed E-state index contributed by atoms with van der Waals surface area (Å²) >= 11 is 3.42. The molecule has 0 radical (unpaired) electrons. The van der Waals surface area contributed by atoms with E-state index in [1.54, 1.807) is 0 Å². The fourth-order valence-corrected chi connectivity index (χ4v) is 2.92. The Balaban J connectivity index is 2.01. The number of carboxylic acids is 1. The molecule has 2 unspecified atom stereocenters. The number of aliphatic carboxylic acids is 1. The second-order valence-corrected chi connectivity index (χ2v) is 5.83. The standard InChI is InChI=1S/C14H18BrNO2/c1-10(9-11-4-6-12(15)7-5-11)16-8-2-3-13(16)14(17)18/h4-7,10,13H,2-3,8-9H2,1H3,(H,17,18). The van der Waals surface area contributed by atoms with Crippen LogP contribution in [0, 0.1) is 0 Å². The molecule has 4 heteroatoms. The van der Waals surface area contributed by atoms with Gasteiger partial charge in [-0.3, -0.25) is 9.69 Å². The van der Waals surface area contributed by atoms with Crippen molar-refractivity contribution in [1.82, 2.24) is 4.90 Å². The largest absolute Gasteiger partial charge is 0.480 e. The van der Waals surface area contributed by atoms with Gasteiger partial charge in [0, 0.05) is 10.5 Å². The van der Waals surface area contributed by atoms with Crippen LogP contribution in [0.1, 0.15) is 25.3 Å². The van der Waals surface area contributed by atoms with Gasteiger partial charge in [0.2, 0.25) is 0 Å². The Hall–Kier alpha value is -0.870. The van der Waals surface area contributed by atoms with Crippen molar-refractivity contribution in [3.05, 3.63) is 34.3 Å². The molecular weight excluding hydrogens is 294 g/mol. The van der Waals surface area contributed by atoms with Gasteiger partial charge in [-0.15, -0.1) is 0 Å². The Morgan fingerprint density at radius 1 is 1.50 bits per heavy atom. The molecule has 1 aromatic carbocycles. The van der Waals surface area contributed by atoms with Crippen molar-refractivity contribution in [1.29, 1.82) is 0 Å². The molecule has 1 saturated heterocycles. The van der Waals surface area contributed by atoms with Crippen molar-refractivity contribution in [2.75, 3.05) is 6.54 Å². The molecule has 1 fully saturated rings. The summed E-state index contributed by atoms with van der Waals surface area (Å²) in [7, 11) is 0. The van der Waals surface area contributed by atoms with Crippen LogP contribution in [0.2, 0.25) is 0 Å². The monoisotopic (exact) mass is 311 g/mol. The molecule has 2 atom stereocenters. The number of carboxylic acid groups (broad SMARTS) is 1. The number of carbonyl (C=O) groups is 1. The average molecular weight is 312 g/mol. The summed E-state index contributed by atoms with van der Waals surface area (Å²) in [4.78, 5) is 13.3. The number of rotatable bonds is 4. The molecule has 0 aromatic heterocycles. The summed E-state index contributed by atoms with van der Waals surface area (Å²) in [5.41, 5.74) is 1.25. The lowest BCUT2D eigenvalue weighted by Crippen LogP contribution is -2.42. The Kier molecular flexibility index (Phi) is 4.40. The van der Waals surface area contributed by atoms with E-state index in [4.69, 9.17) is 0 Å². The number of likely N-dealkylation sites (tertiary alicyclic amines) is 1. The van der Waals surface area contributed by atoms with Crippen LogP contribution in [0.3, 0.4) is 0 Å². The number of hydrogen-bond acceptors (Lipinski definition) is 2. The van der Waals surface area contributed by atoms with Gasteiger partial charge >= 0.3 is 5.97 Å². The number of benzene rings is 1. The lowest BCUT2D eigenvalue weighted by molar-refractivity contribution is -0.142. The molecule has 0 bridgehead atoms. The molecule has 1 heterocycles. The topological polar surface area (TPSA) is 40.5 Å². The second-order valence-electron chi connectivity index (χ2n) is 4.91. The molecular formula is C14H18BrNO2. The summed E-state index contributed by atoms with van der Waals surface area (Å²) in [5.74, 6) is -0.685. The molecule has 1 aliphatic rings. The molecule has 98 valence electrons. The summed E-state index contributed by atoms with van der Waals surface area (Å²) in [5, 5.41) is 9.19. The summed E-state index contributed by atoms with van der Waals surface area (Å²) in [6.45, 7) is 3.01. The van der Waals surface area contributed by atoms with Crippen molar-refractivity contribution in [3.8, 4) is 0 Å². The van der Waals surface area contributed by atoms with Crippen LogP contribution in [0.4, 0.5) is 0 Å². The molecule has 1 aliphatic heterocycles. The predicted octanol–water partition coefficient (Wildman–Crippen LogP) is 2.93. The SMILES string of the molecule is CC(Cc1ccc(Br)cc1)N1CCCC1C(=O)O. The first-order chi connectivity index (χ1) is 8.58. The highest BCUT2D eigenvalue weighted by molar-refractivity contribution is 9.10. The molecule has 1 N–H and O–H groups in total. The maximum absolute atomic E-state index is 11.2. The van der Waals surface area contributed by atoms with Crippen LogP contribution in [-0.4, -0.2) is 34.6 Å². The van der Waals surface area contributed by atoms with Gasteiger partial charge in [0.15, 0.2) is 0 Å². The fourth-order valence-electron chi connectivity index (χ4n) is 2.66. The van der Waals surface area contributed by atoms with Gasteiger partial charge in [-0.25, -0.2) is 0 Å². The van der Waals surface area contributed by atoms with Gasteiger partial charge in [-0.05, 0) is 50.4 Å². The maximum atomic E-state index is 11.2. The molecule has 0 spiro atoms. The summed E-state index contributed by atoms with van der Waals surface area (Å²) < 4.78 is 1.07. The van der Waals surface area contributed by atoms with E-state index in [0.29, 0.717) is 0 Å². The molecule has 18 heavy (non-hydrogen) atoms. The van der Waals surface area contributed by atoms with Gasteiger partial charge < -0.3 is 5.11 Å².